The van der Waals surface area contributed by atoms with Crippen LogP contribution in [0.2, 0.25) is 5.02 Å². The molecule has 0 radical (unpaired) electrons. The fourth-order valence-electron chi connectivity index (χ4n) is 2.87. The third kappa shape index (κ3) is 3.90. The molecule has 136 valence electrons. The van der Waals surface area contributed by atoms with Crippen molar-refractivity contribution in [2.24, 2.45) is 0 Å². The average molecular weight is 386 g/mol. The number of nitrogens with zero attached hydrogens (tertiary/aromatic N) is 2. The molecule has 0 saturated carbocycles. The van der Waals surface area contributed by atoms with Crippen LogP contribution in [0.4, 0.5) is 0 Å². The van der Waals surface area contributed by atoms with Crippen LogP contribution < -0.4 is 4.74 Å². The van der Waals surface area contributed by atoms with Gasteiger partial charge in [-0.05, 0) is 42.0 Å². The van der Waals surface area contributed by atoms with Crippen molar-refractivity contribution >= 4 is 34.3 Å². The van der Waals surface area contributed by atoms with Gasteiger partial charge in [0.15, 0.2) is 0 Å². The zero-order valence-electron chi connectivity index (χ0n) is 14.9. The van der Waals surface area contributed by atoms with E-state index in [-0.39, 0.29) is 0 Å². The molecule has 0 bridgehead atoms. The van der Waals surface area contributed by atoms with E-state index < -0.39 is 0 Å². The van der Waals surface area contributed by atoms with Crippen LogP contribution in [0.1, 0.15) is 17.0 Å². The number of nitrogens with one attached hydrogen (secondary N) is 1. The number of hydrogen-bond acceptors (Lipinski definition) is 3. The molecule has 28 heavy (non-hydrogen) atoms. The first-order valence-corrected chi connectivity index (χ1v) is 9.14. The second kappa shape index (κ2) is 7.99. The molecule has 0 aliphatic rings. The van der Waals surface area contributed by atoms with Crippen LogP contribution in [0.15, 0.2) is 72.8 Å². The molecule has 0 atom stereocenters. The lowest BCUT2D eigenvalue weighted by Gasteiger charge is -2.08. The number of allylic oxidation sites excluding steroid dienone is 1. The Hall–Kier alpha value is -3.55. The molecule has 0 unspecified atom stereocenters. The number of aromatic nitrogens is 2. The van der Waals surface area contributed by atoms with Gasteiger partial charge in [-0.15, -0.1) is 0 Å². The minimum Gasteiger partial charge on any atom is -0.489 e. The molecule has 4 aromatic rings. The molecule has 5 heteroatoms. The van der Waals surface area contributed by atoms with E-state index in [9.17, 15) is 5.26 Å². The number of hydrogen-bond donors (Lipinski definition) is 1. The Balaban J connectivity index is 1.57. The summed E-state index contributed by atoms with van der Waals surface area (Å²) in [5.74, 6) is 1.25. The molecule has 1 N–H and O–H groups in total. The molecule has 0 spiro atoms. The van der Waals surface area contributed by atoms with Crippen molar-refractivity contribution in [2.45, 2.75) is 6.61 Å². The highest BCUT2D eigenvalue weighted by Crippen LogP contribution is 2.23. The van der Waals surface area contributed by atoms with E-state index in [0.717, 1.165) is 22.2 Å². The summed E-state index contributed by atoms with van der Waals surface area (Å²) >= 11 is 6.17. The lowest BCUT2D eigenvalue weighted by atomic mass is 10.1. The molecule has 0 aliphatic carbocycles. The predicted molar refractivity (Wildman–Crippen MR) is 112 cm³/mol. The first-order chi connectivity index (χ1) is 13.7. The van der Waals surface area contributed by atoms with E-state index >= 15 is 0 Å². The Kier molecular flexibility index (Phi) is 5.09. The van der Waals surface area contributed by atoms with Gasteiger partial charge in [0.05, 0.1) is 16.6 Å². The fourth-order valence-corrected chi connectivity index (χ4v) is 3.06. The van der Waals surface area contributed by atoms with Crippen molar-refractivity contribution < 1.29 is 4.74 Å². The number of rotatable bonds is 5. The zero-order valence-corrected chi connectivity index (χ0v) is 15.6. The zero-order chi connectivity index (χ0) is 19.3. The molecule has 1 heterocycles. The highest BCUT2D eigenvalue weighted by Gasteiger charge is 2.08. The van der Waals surface area contributed by atoms with Crippen LogP contribution in [-0.2, 0) is 6.61 Å². The normalized spacial score (nSPS) is 11.4. The average Bonchev–Trinajstić information content (AvgIpc) is 3.16. The monoisotopic (exact) mass is 385 g/mol. The Morgan fingerprint density at radius 2 is 1.89 bits per heavy atom. The molecule has 4 nitrogen and oxygen atoms in total. The minimum absolute atomic E-state index is 0.377. The molecule has 4 rings (SSSR count). The van der Waals surface area contributed by atoms with Crippen molar-refractivity contribution in [3.63, 3.8) is 0 Å². The maximum Gasteiger partial charge on any atom is 0.149 e. The van der Waals surface area contributed by atoms with Gasteiger partial charge >= 0.3 is 0 Å². The summed E-state index contributed by atoms with van der Waals surface area (Å²) in [5.41, 5.74) is 3.96. The topological polar surface area (TPSA) is 61.7 Å². The van der Waals surface area contributed by atoms with Gasteiger partial charge in [-0.3, -0.25) is 0 Å². The van der Waals surface area contributed by atoms with Gasteiger partial charge in [0.2, 0.25) is 0 Å². The van der Waals surface area contributed by atoms with Gasteiger partial charge in [-0.25, -0.2) is 4.98 Å². The van der Waals surface area contributed by atoms with Gasteiger partial charge in [-0.1, -0.05) is 54.1 Å². The summed E-state index contributed by atoms with van der Waals surface area (Å²) in [4.78, 5) is 7.68. The largest absolute Gasteiger partial charge is 0.489 e. The maximum absolute atomic E-state index is 9.59. The second-order valence-electron chi connectivity index (χ2n) is 6.22. The van der Waals surface area contributed by atoms with Crippen LogP contribution in [0.5, 0.6) is 5.75 Å². The number of fused-ring (bicyclic) bond motifs is 1. The smallest absolute Gasteiger partial charge is 0.149 e. The molecular weight excluding hydrogens is 370 g/mol. The number of ether oxygens (including phenoxy) is 1. The van der Waals surface area contributed by atoms with E-state index in [2.05, 4.69) is 16.0 Å². The van der Waals surface area contributed by atoms with Crippen LogP contribution >= 0.6 is 11.6 Å². The Bertz CT molecular complexity index is 1170. The summed E-state index contributed by atoms with van der Waals surface area (Å²) in [6, 6.07) is 25.1. The van der Waals surface area contributed by atoms with E-state index in [1.54, 1.807) is 6.08 Å². The summed E-state index contributed by atoms with van der Waals surface area (Å²) in [6.07, 6.45) is 1.79. The van der Waals surface area contributed by atoms with Gasteiger partial charge in [0.1, 0.15) is 24.3 Å². The van der Waals surface area contributed by atoms with E-state index in [1.165, 1.54) is 0 Å². The Morgan fingerprint density at radius 3 is 2.71 bits per heavy atom. The fraction of sp³-hybridized carbons (Fsp3) is 0.0435. The third-order valence-electron chi connectivity index (χ3n) is 4.29. The van der Waals surface area contributed by atoms with Crippen molar-refractivity contribution in [3.8, 4) is 11.8 Å². The Labute approximate surface area is 167 Å². The minimum atomic E-state index is 0.377. The van der Waals surface area contributed by atoms with Crippen molar-refractivity contribution in [1.82, 2.24) is 9.97 Å². The predicted octanol–water partition coefficient (Wildman–Crippen LogP) is 5.86. The first-order valence-electron chi connectivity index (χ1n) is 8.76. The molecule has 0 aliphatic heterocycles. The van der Waals surface area contributed by atoms with Crippen molar-refractivity contribution in [2.75, 3.05) is 0 Å². The van der Waals surface area contributed by atoms with Gasteiger partial charge in [0, 0.05) is 10.6 Å². The molecule has 3 aromatic carbocycles. The molecule has 1 aromatic heterocycles. The summed E-state index contributed by atoms with van der Waals surface area (Å²) in [6.45, 7) is 0.377. The van der Waals surface area contributed by atoms with E-state index in [4.69, 9.17) is 16.3 Å². The third-order valence-corrected chi connectivity index (χ3v) is 4.65. The Morgan fingerprint density at radius 1 is 1.07 bits per heavy atom. The summed E-state index contributed by atoms with van der Waals surface area (Å²) in [5, 5.41) is 10.3. The van der Waals surface area contributed by atoms with Crippen LogP contribution in [0, 0.1) is 11.3 Å². The standard InChI is InChI=1S/C23H16ClN3O/c24-20-9-2-1-7-17(20)15-28-19-8-5-6-16(13-19)12-18(14-25)23-26-21-10-3-4-11-22(21)27-23/h1-13H,15H2,(H,26,27)/b18-12-. The second-order valence-corrected chi connectivity index (χ2v) is 6.63. The first kappa shape index (κ1) is 17.8. The lowest BCUT2D eigenvalue weighted by Crippen LogP contribution is -1.96. The molecular formula is C23H16ClN3O. The summed E-state index contributed by atoms with van der Waals surface area (Å²) in [7, 11) is 0. The SMILES string of the molecule is N#C/C(=C/c1cccc(OCc2ccccc2Cl)c1)c1nc2ccccc2[nH]1. The van der Waals surface area contributed by atoms with Crippen LogP contribution in [0.25, 0.3) is 22.7 Å². The number of H-pyrrole nitrogens is 1. The molecule has 0 saturated heterocycles. The van der Waals surface area contributed by atoms with Crippen molar-refractivity contribution in [1.29, 1.82) is 5.26 Å². The van der Waals surface area contributed by atoms with Crippen LogP contribution in [0.3, 0.4) is 0 Å². The van der Waals surface area contributed by atoms with Gasteiger partial charge < -0.3 is 9.72 Å². The van der Waals surface area contributed by atoms with Gasteiger partial charge in [0.25, 0.3) is 0 Å². The highest BCUT2D eigenvalue weighted by molar-refractivity contribution is 6.31. The number of benzene rings is 3. The highest BCUT2D eigenvalue weighted by atomic mass is 35.5. The molecule has 0 amide bonds. The maximum atomic E-state index is 9.59. The van der Waals surface area contributed by atoms with E-state index in [0.29, 0.717) is 28.8 Å². The number of nitriles is 1. The lowest BCUT2D eigenvalue weighted by molar-refractivity contribution is 0.306. The van der Waals surface area contributed by atoms with Crippen LogP contribution in [-0.4, -0.2) is 9.97 Å². The quantitative estimate of drug-likeness (QED) is 0.437. The number of para-hydroxylation sites is 2. The van der Waals surface area contributed by atoms with Crippen molar-refractivity contribution in [3.05, 3.63) is 94.8 Å². The number of aromatic amines is 1. The van der Waals surface area contributed by atoms with E-state index in [1.807, 2.05) is 72.8 Å². The van der Waals surface area contributed by atoms with Gasteiger partial charge in [-0.2, -0.15) is 5.26 Å². The molecule has 0 fully saturated rings. The number of imidazole rings is 1. The summed E-state index contributed by atoms with van der Waals surface area (Å²) < 4.78 is 5.86. The number of halogens is 1.